The van der Waals surface area contributed by atoms with Gasteiger partial charge in [-0.2, -0.15) is 18.2 Å². The number of nitrogens with zero attached hydrogens (tertiary/aromatic N) is 4. The summed E-state index contributed by atoms with van der Waals surface area (Å²) in [7, 11) is 3.08. The fourth-order valence-corrected chi connectivity index (χ4v) is 3.65. The zero-order valence-corrected chi connectivity index (χ0v) is 17.1. The highest BCUT2D eigenvalue weighted by atomic mass is 19.4. The molecule has 2 N–H and O–H groups in total. The minimum atomic E-state index is -4.36. The summed E-state index contributed by atoms with van der Waals surface area (Å²) < 4.78 is 49.7. The molecule has 0 spiro atoms. The average Bonchev–Trinajstić information content (AvgIpc) is 2.77. The third kappa shape index (κ3) is 4.10. The molecule has 7 nitrogen and oxygen atoms in total. The van der Waals surface area contributed by atoms with Crippen molar-refractivity contribution in [3.8, 4) is 11.5 Å². The monoisotopic (exact) mass is 433 g/mol. The molecule has 0 atom stereocenters. The number of nitrogen functional groups attached to an aromatic ring is 1. The molecule has 0 radical (unpaired) electrons. The van der Waals surface area contributed by atoms with Crippen molar-refractivity contribution in [1.29, 1.82) is 0 Å². The molecular formula is C21H22F3N5O2. The van der Waals surface area contributed by atoms with E-state index in [9.17, 15) is 13.2 Å². The van der Waals surface area contributed by atoms with Crippen molar-refractivity contribution < 1.29 is 22.6 Å². The summed E-state index contributed by atoms with van der Waals surface area (Å²) in [6, 6.07) is 8.86. The van der Waals surface area contributed by atoms with Gasteiger partial charge in [-0.3, -0.25) is 0 Å². The van der Waals surface area contributed by atoms with Gasteiger partial charge in [-0.05, 0) is 24.3 Å². The molecule has 10 heteroatoms. The Morgan fingerprint density at radius 1 is 0.903 bits per heavy atom. The number of nitrogens with two attached hydrogens (primary N) is 1. The molecule has 0 saturated carbocycles. The van der Waals surface area contributed by atoms with Crippen molar-refractivity contribution in [2.75, 3.05) is 55.9 Å². The van der Waals surface area contributed by atoms with E-state index in [1.165, 1.54) is 12.1 Å². The number of anilines is 3. The molecule has 4 rings (SSSR count). The van der Waals surface area contributed by atoms with Gasteiger partial charge in [0.2, 0.25) is 5.95 Å². The second-order valence-electron chi connectivity index (χ2n) is 7.16. The van der Waals surface area contributed by atoms with E-state index in [4.69, 9.17) is 15.2 Å². The van der Waals surface area contributed by atoms with E-state index in [1.807, 2.05) is 9.80 Å². The van der Waals surface area contributed by atoms with Crippen molar-refractivity contribution in [3.63, 3.8) is 0 Å². The number of methoxy groups -OCH3 is 2. The number of aromatic nitrogens is 2. The number of fused-ring (bicyclic) bond motifs is 1. The van der Waals surface area contributed by atoms with Crippen LogP contribution in [-0.2, 0) is 6.18 Å². The molecule has 1 aromatic heterocycles. The van der Waals surface area contributed by atoms with Crippen molar-refractivity contribution >= 4 is 28.4 Å². The van der Waals surface area contributed by atoms with Crippen molar-refractivity contribution in [2.24, 2.45) is 0 Å². The smallest absolute Gasteiger partial charge is 0.416 e. The first-order valence-corrected chi connectivity index (χ1v) is 9.66. The Bertz CT molecular complexity index is 1100. The van der Waals surface area contributed by atoms with Gasteiger partial charge in [0.25, 0.3) is 0 Å². The molecule has 0 unspecified atom stereocenters. The van der Waals surface area contributed by atoms with E-state index in [2.05, 4.69) is 9.97 Å². The van der Waals surface area contributed by atoms with Gasteiger partial charge in [-0.15, -0.1) is 0 Å². The molecule has 0 aliphatic carbocycles. The molecule has 2 aromatic carbocycles. The van der Waals surface area contributed by atoms with Crippen LogP contribution in [0.15, 0.2) is 36.4 Å². The van der Waals surface area contributed by atoms with Crippen molar-refractivity contribution in [1.82, 2.24) is 9.97 Å². The maximum Gasteiger partial charge on any atom is 0.416 e. The Morgan fingerprint density at radius 2 is 1.55 bits per heavy atom. The number of hydrogen-bond donors (Lipinski definition) is 1. The van der Waals surface area contributed by atoms with Crippen LogP contribution in [0.25, 0.3) is 10.9 Å². The first kappa shape index (κ1) is 20.8. The van der Waals surface area contributed by atoms with Crippen LogP contribution in [0.2, 0.25) is 0 Å². The van der Waals surface area contributed by atoms with E-state index in [-0.39, 0.29) is 0 Å². The van der Waals surface area contributed by atoms with Gasteiger partial charge in [-0.1, -0.05) is 6.07 Å². The summed E-state index contributed by atoms with van der Waals surface area (Å²) in [5.41, 5.74) is 6.68. The molecule has 31 heavy (non-hydrogen) atoms. The average molecular weight is 433 g/mol. The summed E-state index contributed by atoms with van der Waals surface area (Å²) in [5.74, 6) is 1.86. The van der Waals surface area contributed by atoms with Gasteiger partial charge in [0, 0.05) is 43.3 Å². The van der Waals surface area contributed by atoms with Crippen molar-refractivity contribution in [3.05, 3.63) is 42.0 Å². The Labute approximate surface area is 177 Å². The van der Waals surface area contributed by atoms with Gasteiger partial charge < -0.3 is 25.0 Å². The van der Waals surface area contributed by atoms with Crippen LogP contribution >= 0.6 is 0 Å². The van der Waals surface area contributed by atoms with E-state index >= 15 is 0 Å². The van der Waals surface area contributed by atoms with Crippen LogP contribution in [0.1, 0.15) is 5.56 Å². The van der Waals surface area contributed by atoms with Crippen LogP contribution in [0, 0.1) is 0 Å². The quantitative estimate of drug-likeness (QED) is 0.674. The first-order valence-electron chi connectivity index (χ1n) is 9.66. The molecule has 1 aliphatic rings. The minimum Gasteiger partial charge on any atom is -0.493 e. The maximum atomic E-state index is 13.0. The highest BCUT2D eigenvalue weighted by molar-refractivity contribution is 5.91. The van der Waals surface area contributed by atoms with E-state index < -0.39 is 11.7 Å². The number of benzene rings is 2. The standard InChI is InChI=1S/C21H22F3N5O2/c1-30-17-11-15-16(12-18(17)31-2)26-20(27-19(15)25)29-8-6-28(7-9-29)14-5-3-4-13(10-14)21(22,23)24/h3-5,10-12H,6-9H2,1-2H3,(H2,25,26,27). The predicted molar refractivity (Wildman–Crippen MR) is 113 cm³/mol. The second kappa shape index (κ2) is 8.01. The molecule has 3 aromatic rings. The van der Waals surface area contributed by atoms with Gasteiger partial charge in [-0.25, -0.2) is 4.98 Å². The van der Waals surface area contributed by atoms with Gasteiger partial charge in [0.1, 0.15) is 5.82 Å². The van der Waals surface area contributed by atoms with Crippen LogP contribution in [0.4, 0.5) is 30.6 Å². The van der Waals surface area contributed by atoms with E-state index in [0.717, 1.165) is 6.07 Å². The lowest BCUT2D eigenvalue weighted by Gasteiger charge is -2.36. The Kier molecular flexibility index (Phi) is 5.38. The van der Waals surface area contributed by atoms with Gasteiger partial charge in [0.15, 0.2) is 11.5 Å². The van der Waals surface area contributed by atoms with Crippen LogP contribution in [0.3, 0.4) is 0 Å². The SMILES string of the molecule is COc1cc2nc(N3CCN(c4cccc(C(F)(F)F)c4)CC3)nc(N)c2cc1OC. The third-order valence-electron chi connectivity index (χ3n) is 5.32. The normalized spacial score (nSPS) is 14.7. The third-order valence-corrected chi connectivity index (χ3v) is 5.32. The Balaban J connectivity index is 1.55. The molecule has 0 bridgehead atoms. The van der Waals surface area contributed by atoms with Crippen LogP contribution in [-0.4, -0.2) is 50.4 Å². The summed E-state index contributed by atoms with van der Waals surface area (Å²) in [6.45, 7) is 2.17. The summed E-state index contributed by atoms with van der Waals surface area (Å²) in [4.78, 5) is 12.9. The zero-order valence-electron chi connectivity index (χ0n) is 17.1. The maximum absolute atomic E-state index is 13.0. The second-order valence-corrected chi connectivity index (χ2v) is 7.16. The summed E-state index contributed by atoms with van der Waals surface area (Å²) in [5, 5.41) is 0.656. The van der Waals surface area contributed by atoms with E-state index in [1.54, 1.807) is 32.4 Å². The highest BCUT2D eigenvalue weighted by Gasteiger charge is 2.31. The number of halogens is 3. The largest absolute Gasteiger partial charge is 0.493 e. The summed E-state index contributed by atoms with van der Waals surface area (Å²) in [6.07, 6.45) is -4.36. The molecule has 1 fully saturated rings. The molecule has 1 aliphatic heterocycles. The van der Waals surface area contributed by atoms with E-state index in [0.29, 0.717) is 66.0 Å². The predicted octanol–water partition coefficient (Wildman–Crippen LogP) is 3.57. The van der Waals surface area contributed by atoms with Crippen LogP contribution in [0.5, 0.6) is 11.5 Å². The number of alkyl halides is 3. The van der Waals surface area contributed by atoms with Crippen molar-refractivity contribution in [2.45, 2.75) is 6.18 Å². The Hall–Kier alpha value is -3.43. The number of piperazine rings is 1. The topological polar surface area (TPSA) is 76.7 Å². The lowest BCUT2D eigenvalue weighted by Crippen LogP contribution is -2.47. The lowest BCUT2D eigenvalue weighted by molar-refractivity contribution is -0.137. The number of ether oxygens (including phenoxy) is 2. The Morgan fingerprint density at radius 3 is 2.19 bits per heavy atom. The first-order chi connectivity index (χ1) is 14.8. The summed E-state index contributed by atoms with van der Waals surface area (Å²) >= 11 is 0. The molecular weight excluding hydrogens is 411 g/mol. The minimum absolute atomic E-state index is 0.321. The molecule has 0 amide bonds. The zero-order chi connectivity index (χ0) is 22.2. The van der Waals surface area contributed by atoms with Gasteiger partial charge in [0.05, 0.1) is 25.3 Å². The molecule has 164 valence electrons. The van der Waals surface area contributed by atoms with Crippen LogP contribution < -0.4 is 25.0 Å². The number of hydrogen-bond acceptors (Lipinski definition) is 7. The fourth-order valence-electron chi connectivity index (χ4n) is 3.65. The highest BCUT2D eigenvalue weighted by Crippen LogP contribution is 2.35. The number of rotatable bonds is 4. The fraction of sp³-hybridized carbons (Fsp3) is 0.333. The molecule has 2 heterocycles. The lowest BCUT2D eigenvalue weighted by atomic mass is 10.1. The van der Waals surface area contributed by atoms with Gasteiger partial charge >= 0.3 is 6.18 Å². The molecule has 1 saturated heterocycles.